The number of esters is 1. The van der Waals surface area contributed by atoms with Gasteiger partial charge in [-0.2, -0.15) is 0 Å². The molecule has 0 bridgehead atoms. The van der Waals surface area contributed by atoms with Gasteiger partial charge in [0, 0.05) is 12.2 Å². The molecule has 0 aromatic heterocycles. The zero-order valence-corrected chi connectivity index (χ0v) is 18.4. The molecule has 3 atom stereocenters. The minimum absolute atomic E-state index is 0.0467. The van der Waals surface area contributed by atoms with Crippen molar-refractivity contribution in [2.75, 3.05) is 12.4 Å². The molecule has 0 radical (unpaired) electrons. The number of ether oxygens (including phenoxy) is 1. The smallest absolute Gasteiger partial charge is 0.329 e. The summed E-state index contributed by atoms with van der Waals surface area (Å²) < 4.78 is 18.7. The molecule has 6 heteroatoms. The van der Waals surface area contributed by atoms with E-state index in [1.54, 1.807) is 17.0 Å². The third kappa shape index (κ3) is 6.23. The van der Waals surface area contributed by atoms with Gasteiger partial charge in [0.2, 0.25) is 5.91 Å². The van der Waals surface area contributed by atoms with Gasteiger partial charge in [0.1, 0.15) is 17.2 Å². The lowest BCUT2D eigenvalue weighted by molar-refractivity contribution is -0.154. The Labute approximate surface area is 172 Å². The van der Waals surface area contributed by atoms with Gasteiger partial charge in [0.15, 0.2) is 0 Å². The summed E-state index contributed by atoms with van der Waals surface area (Å²) in [5.74, 6) is -0.0174. The first-order valence-corrected chi connectivity index (χ1v) is 11.0. The Morgan fingerprint density at radius 2 is 1.93 bits per heavy atom. The predicted molar refractivity (Wildman–Crippen MR) is 111 cm³/mol. The Morgan fingerprint density at radius 3 is 2.50 bits per heavy atom. The molecule has 0 spiro atoms. The van der Waals surface area contributed by atoms with Crippen LogP contribution in [-0.2, 0) is 14.3 Å². The molecule has 0 aliphatic carbocycles. The van der Waals surface area contributed by atoms with Crippen molar-refractivity contribution < 1.29 is 18.7 Å². The van der Waals surface area contributed by atoms with E-state index in [-0.39, 0.29) is 34.4 Å². The molecule has 1 amide bonds. The van der Waals surface area contributed by atoms with Crippen molar-refractivity contribution in [3.63, 3.8) is 0 Å². The van der Waals surface area contributed by atoms with Crippen LogP contribution in [0.5, 0.6) is 0 Å². The molecule has 1 aliphatic rings. The van der Waals surface area contributed by atoms with Crippen LogP contribution < -0.4 is 0 Å². The second-order valence-electron chi connectivity index (χ2n) is 8.80. The Balaban J connectivity index is 2.22. The maximum atomic E-state index is 13.3. The number of rotatable bonds is 7. The molecule has 1 aliphatic heterocycles. The van der Waals surface area contributed by atoms with Crippen molar-refractivity contribution in [1.29, 1.82) is 0 Å². The molecule has 1 fully saturated rings. The summed E-state index contributed by atoms with van der Waals surface area (Å²) in [7, 11) is 0. The van der Waals surface area contributed by atoms with Gasteiger partial charge in [-0.25, -0.2) is 9.18 Å². The minimum atomic E-state index is -0.596. The number of amides is 1. The van der Waals surface area contributed by atoms with E-state index in [0.29, 0.717) is 18.8 Å². The van der Waals surface area contributed by atoms with E-state index in [2.05, 4.69) is 27.7 Å². The first-order valence-electron chi connectivity index (χ1n) is 9.97. The normalized spacial score (nSPS) is 20.9. The van der Waals surface area contributed by atoms with Gasteiger partial charge in [-0.1, -0.05) is 46.8 Å². The lowest BCUT2D eigenvalue weighted by Gasteiger charge is -2.31. The van der Waals surface area contributed by atoms with Gasteiger partial charge in [0.05, 0.1) is 6.61 Å². The van der Waals surface area contributed by atoms with Crippen molar-refractivity contribution in [1.82, 2.24) is 4.90 Å². The molecule has 3 unspecified atom stereocenters. The monoisotopic (exact) mass is 409 g/mol. The number of hydrogen-bond acceptors (Lipinski definition) is 4. The largest absolute Gasteiger partial charge is 0.464 e. The molecule has 1 aromatic carbocycles. The van der Waals surface area contributed by atoms with Crippen LogP contribution in [0.4, 0.5) is 4.39 Å². The van der Waals surface area contributed by atoms with E-state index in [1.165, 1.54) is 23.9 Å². The lowest BCUT2D eigenvalue weighted by atomic mass is 9.84. The number of benzene rings is 1. The minimum Gasteiger partial charge on any atom is -0.464 e. The molecule has 2 rings (SSSR count). The Kier molecular flexibility index (Phi) is 7.93. The number of nitrogens with zero attached hydrogens (tertiary/aromatic N) is 1. The van der Waals surface area contributed by atoms with E-state index in [1.807, 2.05) is 6.92 Å². The van der Waals surface area contributed by atoms with E-state index in [0.717, 1.165) is 18.4 Å². The molecule has 156 valence electrons. The van der Waals surface area contributed by atoms with Crippen molar-refractivity contribution in [2.45, 2.75) is 65.3 Å². The maximum Gasteiger partial charge on any atom is 0.329 e. The molecule has 0 saturated carbocycles. The molecule has 0 N–H and O–H groups in total. The topological polar surface area (TPSA) is 46.6 Å². The summed E-state index contributed by atoms with van der Waals surface area (Å²) >= 11 is 1.53. The first kappa shape index (κ1) is 22.7. The van der Waals surface area contributed by atoms with Gasteiger partial charge in [-0.15, -0.1) is 11.8 Å². The Hall–Kier alpha value is -1.56. The lowest BCUT2D eigenvalue weighted by Crippen LogP contribution is -2.44. The first-order chi connectivity index (χ1) is 13.1. The molecule has 4 nitrogen and oxygen atoms in total. The Morgan fingerprint density at radius 1 is 1.29 bits per heavy atom. The van der Waals surface area contributed by atoms with E-state index >= 15 is 0 Å². The van der Waals surface area contributed by atoms with Crippen LogP contribution in [0, 0.1) is 17.2 Å². The number of carbonyl (C=O) groups is 2. The highest BCUT2D eigenvalue weighted by atomic mass is 32.2. The van der Waals surface area contributed by atoms with Crippen molar-refractivity contribution >= 4 is 23.6 Å². The number of halogens is 1. The average molecular weight is 410 g/mol. The fourth-order valence-electron chi connectivity index (χ4n) is 3.70. The molecule has 1 aromatic rings. The SMILES string of the molecule is CCCOC(=O)C1CSC(c2ccc(F)cc2)N1C(=O)CC(C)CC(C)(C)C. The second kappa shape index (κ2) is 9.77. The highest BCUT2D eigenvalue weighted by molar-refractivity contribution is 7.99. The second-order valence-corrected chi connectivity index (χ2v) is 9.91. The van der Waals surface area contributed by atoms with E-state index in [9.17, 15) is 14.0 Å². The van der Waals surface area contributed by atoms with Crippen molar-refractivity contribution in [2.24, 2.45) is 11.3 Å². The molecular weight excluding hydrogens is 377 g/mol. The van der Waals surface area contributed by atoms with Crippen LogP contribution in [0.15, 0.2) is 24.3 Å². The molecule has 28 heavy (non-hydrogen) atoms. The highest BCUT2D eigenvalue weighted by Gasteiger charge is 2.43. The Bertz CT molecular complexity index is 671. The van der Waals surface area contributed by atoms with Crippen LogP contribution in [0.25, 0.3) is 0 Å². The van der Waals surface area contributed by atoms with Gasteiger partial charge >= 0.3 is 5.97 Å². The van der Waals surface area contributed by atoms with Gasteiger partial charge in [-0.05, 0) is 41.9 Å². The average Bonchev–Trinajstić information content (AvgIpc) is 3.03. The van der Waals surface area contributed by atoms with Crippen LogP contribution in [0.2, 0.25) is 0 Å². The predicted octanol–water partition coefficient (Wildman–Crippen LogP) is 5.18. The van der Waals surface area contributed by atoms with Gasteiger partial charge < -0.3 is 9.64 Å². The van der Waals surface area contributed by atoms with Gasteiger partial charge in [0.25, 0.3) is 0 Å². The number of thioether (sulfide) groups is 1. The van der Waals surface area contributed by atoms with Crippen molar-refractivity contribution in [3.8, 4) is 0 Å². The standard InChI is InChI=1S/C22H32FNO3S/c1-6-11-27-21(26)18-14-28-20(16-7-9-17(23)10-8-16)24(18)19(25)12-15(2)13-22(3,4)5/h7-10,15,18,20H,6,11-14H2,1-5H3. The van der Waals surface area contributed by atoms with Crippen LogP contribution in [-0.4, -0.2) is 35.2 Å². The molecule has 1 saturated heterocycles. The van der Waals surface area contributed by atoms with Crippen LogP contribution in [0.1, 0.15) is 64.8 Å². The van der Waals surface area contributed by atoms with E-state index in [4.69, 9.17) is 4.74 Å². The van der Waals surface area contributed by atoms with Gasteiger partial charge in [-0.3, -0.25) is 4.79 Å². The maximum absolute atomic E-state index is 13.3. The molecular formula is C22H32FNO3S. The summed E-state index contributed by atoms with van der Waals surface area (Å²) in [5.41, 5.74) is 0.962. The summed E-state index contributed by atoms with van der Waals surface area (Å²) in [6.45, 7) is 10.8. The van der Waals surface area contributed by atoms with Crippen LogP contribution >= 0.6 is 11.8 Å². The van der Waals surface area contributed by atoms with Crippen LogP contribution in [0.3, 0.4) is 0 Å². The number of hydrogen-bond donors (Lipinski definition) is 0. The zero-order chi connectivity index (χ0) is 20.9. The summed E-state index contributed by atoms with van der Waals surface area (Å²) in [6.07, 6.45) is 2.04. The van der Waals surface area contributed by atoms with E-state index < -0.39 is 6.04 Å². The zero-order valence-electron chi connectivity index (χ0n) is 17.5. The third-order valence-electron chi connectivity index (χ3n) is 4.65. The quantitative estimate of drug-likeness (QED) is 0.582. The summed E-state index contributed by atoms with van der Waals surface area (Å²) in [5, 5.41) is -0.297. The highest BCUT2D eigenvalue weighted by Crippen LogP contribution is 2.42. The number of carbonyl (C=O) groups excluding carboxylic acids is 2. The molecule has 1 heterocycles. The summed E-state index contributed by atoms with van der Waals surface area (Å²) in [6, 6.07) is 5.56. The van der Waals surface area contributed by atoms with Crippen molar-refractivity contribution in [3.05, 3.63) is 35.6 Å². The summed E-state index contributed by atoms with van der Waals surface area (Å²) in [4.78, 5) is 27.4. The fraction of sp³-hybridized carbons (Fsp3) is 0.636. The third-order valence-corrected chi connectivity index (χ3v) is 5.97. The fourth-order valence-corrected chi connectivity index (χ4v) is 5.13.